The summed E-state index contributed by atoms with van der Waals surface area (Å²) in [6, 6.07) is -0.228. The minimum atomic E-state index is -0.228. The van der Waals surface area contributed by atoms with Gasteiger partial charge >= 0.3 is 6.03 Å². The van der Waals surface area contributed by atoms with E-state index in [1.807, 2.05) is 12.3 Å². The Morgan fingerprint density at radius 2 is 2.29 bits per heavy atom. The fourth-order valence-corrected chi connectivity index (χ4v) is 2.64. The van der Waals surface area contributed by atoms with Crippen LogP contribution < -0.4 is 10.6 Å². The number of carbonyl (C=O) groups is 1. The number of rotatable bonds is 3. The van der Waals surface area contributed by atoms with Gasteiger partial charge in [0, 0.05) is 11.6 Å². The van der Waals surface area contributed by atoms with Gasteiger partial charge in [0.2, 0.25) is 0 Å². The van der Waals surface area contributed by atoms with Gasteiger partial charge in [-0.05, 0) is 25.7 Å². The highest BCUT2D eigenvalue weighted by Crippen LogP contribution is 2.25. The molecule has 1 aliphatic rings. The van der Waals surface area contributed by atoms with Gasteiger partial charge in [-0.2, -0.15) is 0 Å². The zero-order chi connectivity index (χ0) is 12.1. The van der Waals surface area contributed by atoms with Crippen LogP contribution in [0.1, 0.15) is 31.4 Å². The second-order valence-electron chi connectivity index (χ2n) is 4.30. The molecule has 5 heteroatoms. The zero-order valence-electron chi connectivity index (χ0n) is 9.90. The first-order valence-electron chi connectivity index (χ1n) is 5.90. The van der Waals surface area contributed by atoms with Gasteiger partial charge < -0.3 is 5.32 Å². The van der Waals surface area contributed by atoms with Crippen LogP contribution in [0.3, 0.4) is 0 Å². The Hall–Kier alpha value is -1.36. The van der Waals surface area contributed by atoms with Crippen molar-refractivity contribution in [1.29, 1.82) is 0 Å². The van der Waals surface area contributed by atoms with Crippen LogP contribution in [-0.4, -0.2) is 11.0 Å². The van der Waals surface area contributed by atoms with Crippen molar-refractivity contribution in [3.05, 3.63) is 23.3 Å². The number of aromatic nitrogens is 1. The van der Waals surface area contributed by atoms with E-state index in [0.29, 0.717) is 11.0 Å². The normalized spacial score (nSPS) is 16.5. The number of hydrogen-bond acceptors (Lipinski definition) is 3. The molecule has 2 amide bonds. The van der Waals surface area contributed by atoms with Crippen LogP contribution in [0.5, 0.6) is 0 Å². The van der Waals surface area contributed by atoms with Crippen molar-refractivity contribution < 1.29 is 4.79 Å². The molecule has 2 rings (SSSR count). The number of anilines is 1. The smallest absolute Gasteiger partial charge is 0.315 e. The SMILES string of the molecule is Cc1csc(NC(=O)N/C=C/C2CCCC2)n1. The first-order chi connectivity index (χ1) is 8.24. The number of carbonyl (C=O) groups excluding carboxylic acids is 1. The monoisotopic (exact) mass is 251 g/mol. The van der Waals surface area contributed by atoms with Crippen molar-refractivity contribution in [1.82, 2.24) is 10.3 Å². The Bertz CT molecular complexity index is 408. The van der Waals surface area contributed by atoms with Gasteiger partial charge in [-0.25, -0.2) is 9.78 Å². The maximum Gasteiger partial charge on any atom is 0.324 e. The second-order valence-corrected chi connectivity index (χ2v) is 5.15. The van der Waals surface area contributed by atoms with Crippen LogP contribution in [-0.2, 0) is 0 Å². The van der Waals surface area contributed by atoms with Gasteiger partial charge in [0.1, 0.15) is 0 Å². The third kappa shape index (κ3) is 3.85. The highest BCUT2D eigenvalue weighted by atomic mass is 32.1. The molecule has 0 radical (unpaired) electrons. The van der Waals surface area contributed by atoms with Gasteiger partial charge in [-0.15, -0.1) is 11.3 Å². The maximum absolute atomic E-state index is 11.5. The van der Waals surface area contributed by atoms with E-state index in [9.17, 15) is 4.79 Å². The molecule has 0 saturated heterocycles. The van der Waals surface area contributed by atoms with Crippen molar-refractivity contribution in [3.63, 3.8) is 0 Å². The quantitative estimate of drug-likeness (QED) is 0.866. The molecule has 4 nitrogen and oxygen atoms in total. The topological polar surface area (TPSA) is 54.0 Å². The van der Waals surface area contributed by atoms with E-state index >= 15 is 0 Å². The fraction of sp³-hybridized carbons (Fsp3) is 0.500. The van der Waals surface area contributed by atoms with Gasteiger partial charge in [-0.3, -0.25) is 5.32 Å². The first kappa shape index (κ1) is 12.1. The van der Waals surface area contributed by atoms with Crippen LogP contribution >= 0.6 is 11.3 Å². The lowest BCUT2D eigenvalue weighted by atomic mass is 10.1. The summed E-state index contributed by atoms with van der Waals surface area (Å²) in [7, 11) is 0. The van der Waals surface area contributed by atoms with Gasteiger partial charge in [0.25, 0.3) is 0 Å². The largest absolute Gasteiger partial charge is 0.324 e. The molecule has 0 aromatic carbocycles. The van der Waals surface area contributed by atoms with Crippen LogP contribution in [0.15, 0.2) is 17.7 Å². The fourth-order valence-electron chi connectivity index (χ4n) is 1.95. The Labute approximate surface area is 105 Å². The lowest BCUT2D eigenvalue weighted by Crippen LogP contribution is -2.23. The summed E-state index contributed by atoms with van der Waals surface area (Å²) in [5.74, 6) is 0.636. The average molecular weight is 251 g/mol. The maximum atomic E-state index is 11.5. The summed E-state index contributed by atoms with van der Waals surface area (Å²) >= 11 is 1.43. The summed E-state index contributed by atoms with van der Waals surface area (Å²) in [6.07, 6.45) is 8.92. The molecule has 0 unspecified atom stereocenters. The van der Waals surface area contributed by atoms with Crippen molar-refractivity contribution in [2.24, 2.45) is 5.92 Å². The zero-order valence-corrected chi connectivity index (χ0v) is 10.7. The Morgan fingerprint density at radius 3 is 2.94 bits per heavy atom. The molecule has 17 heavy (non-hydrogen) atoms. The van der Waals surface area contributed by atoms with E-state index in [2.05, 4.69) is 21.7 Å². The van der Waals surface area contributed by atoms with Crippen molar-refractivity contribution >= 4 is 22.5 Å². The van der Waals surface area contributed by atoms with Crippen LogP contribution in [0, 0.1) is 12.8 Å². The molecule has 0 spiro atoms. The summed E-state index contributed by atoms with van der Waals surface area (Å²) < 4.78 is 0. The number of thiazole rings is 1. The average Bonchev–Trinajstić information content (AvgIpc) is 2.90. The number of hydrogen-bond donors (Lipinski definition) is 2. The molecule has 1 aromatic heterocycles. The molecular weight excluding hydrogens is 234 g/mol. The summed E-state index contributed by atoms with van der Waals surface area (Å²) in [5, 5.41) is 7.94. The highest BCUT2D eigenvalue weighted by Gasteiger charge is 2.11. The molecule has 1 heterocycles. The number of aryl methyl sites for hydroxylation is 1. The number of nitrogens with one attached hydrogen (secondary N) is 2. The molecule has 92 valence electrons. The van der Waals surface area contributed by atoms with Gasteiger partial charge in [0.05, 0.1) is 5.69 Å². The number of allylic oxidation sites excluding steroid dienone is 1. The molecule has 0 atom stereocenters. The van der Waals surface area contributed by atoms with Crippen molar-refractivity contribution in [2.75, 3.05) is 5.32 Å². The molecule has 2 N–H and O–H groups in total. The molecule has 1 aromatic rings. The third-order valence-corrected chi connectivity index (χ3v) is 3.70. The van der Waals surface area contributed by atoms with Gasteiger partial charge in [-0.1, -0.05) is 18.9 Å². The highest BCUT2D eigenvalue weighted by molar-refractivity contribution is 7.13. The van der Waals surface area contributed by atoms with E-state index in [1.54, 1.807) is 6.20 Å². The number of urea groups is 1. The predicted octanol–water partition coefficient (Wildman–Crippen LogP) is 3.28. The molecular formula is C12H17N3OS. The third-order valence-electron chi connectivity index (χ3n) is 2.82. The molecule has 1 fully saturated rings. The minimum Gasteiger partial charge on any atom is -0.315 e. The second kappa shape index (κ2) is 5.82. The summed E-state index contributed by atoms with van der Waals surface area (Å²) in [6.45, 7) is 1.90. The number of amides is 2. The van der Waals surface area contributed by atoms with Gasteiger partial charge in [0.15, 0.2) is 5.13 Å². The van der Waals surface area contributed by atoms with Crippen LogP contribution in [0.2, 0.25) is 0 Å². The van der Waals surface area contributed by atoms with E-state index in [0.717, 1.165) is 5.69 Å². The Balaban J connectivity index is 1.73. The predicted molar refractivity (Wildman–Crippen MR) is 70.1 cm³/mol. The van der Waals surface area contributed by atoms with E-state index < -0.39 is 0 Å². The van der Waals surface area contributed by atoms with Crippen LogP contribution in [0.25, 0.3) is 0 Å². The van der Waals surface area contributed by atoms with E-state index in [4.69, 9.17) is 0 Å². The lowest BCUT2D eigenvalue weighted by Gasteiger charge is -2.02. The molecule has 0 bridgehead atoms. The molecule has 0 aliphatic heterocycles. The Kier molecular flexibility index (Phi) is 4.14. The van der Waals surface area contributed by atoms with E-state index in [-0.39, 0.29) is 6.03 Å². The summed E-state index contributed by atoms with van der Waals surface area (Å²) in [4.78, 5) is 15.6. The van der Waals surface area contributed by atoms with Crippen molar-refractivity contribution in [3.8, 4) is 0 Å². The molecule has 1 aliphatic carbocycles. The van der Waals surface area contributed by atoms with Crippen molar-refractivity contribution in [2.45, 2.75) is 32.6 Å². The van der Waals surface area contributed by atoms with Crippen LogP contribution in [0.4, 0.5) is 9.93 Å². The standard InChI is InChI=1S/C12H17N3OS/c1-9-8-17-12(14-9)15-11(16)13-7-6-10-4-2-3-5-10/h6-8,10H,2-5H2,1H3,(H2,13,14,15,16)/b7-6+. The van der Waals surface area contributed by atoms with E-state index in [1.165, 1.54) is 37.0 Å². The minimum absolute atomic E-state index is 0.228. The number of nitrogens with zero attached hydrogens (tertiary/aromatic N) is 1. The Morgan fingerprint density at radius 1 is 1.53 bits per heavy atom. The molecule has 1 saturated carbocycles. The summed E-state index contributed by atoms with van der Waals surface area (Å²) in [5.41, 5.74) is 0.923. The lowest BCUT2D eigenvalue weighted by molar-refractivity contribution is 0.255. The first-order valence-corrected chi connectivity index (χ1v) is 6.78.